The summed E-state index contributed by atoms with van der Waals surface area (Å²) in [6, 6.07) is 4.35. The summed E-state index contributed by atoms with van der Waals surface area (Å²) in [7, 11) is 1.44. The molecule has 1 unspecified atom stereocenters. The van der Waals surface area contributed by atoms with Crippen LogP contribution in [0, 0.1) is 0 Å². The second-order valence-corrected chi connectivity index (χ2v) is 5.55. The van der Waals surface area contributed by atoms with Gasteiger partial charge in [-0.25, -0.2) is 4.68 Å². The van der Waals surface area contributed by atoms with Crippen molar-refractivity contribution < 1.29 is 23.0 Å². The number of alkyl halides is 3. The number of hydrogen-bond donors (Lipinski definition) is 2. The molecule has 136 valence electrons. The molecule has 1 aromatic heterocycles. The van der Waals surface area contributed by atoms with E-state index in [-0.39, 0.29) is 29.6 Å². The maximum atomic E-state index is 12.6. The van der Waals surface area contributed by atoms with Crippen LogP contribution in [-0.2, 0) is 13.2 Å². The Morgan fingerprint density at radius 3 is 2.84 bits per heavy atom. The average Bonchev–Trinajstić information content (AvgIpc) is 2.57. The number of halogens is 4. The van der Waals surface area contributed by atoms with Crippen molar-refractivity contribution in [3.05, 3.63) is 51.4 Å². The molecule has 0 saturated heterocycles. The number of aliphatic hydroxyl groups excluding tert-OH is 1. The molecule has 1 heterocycles. The molecule has 0 fully saturated rings. The number of nitrogens with one attached hydrogen (secondary N) is 1. The van der Waals surface area contributed by atoms with Crippen molar-refractivity contribution in [3.63, 3.8) is 0 Å². The Kier molecular flexibility index (Phi) is 5.91. The normalized spacial score (nSPS) is 12.7. The summed E-state index contributed by atoms with van der Waals surface area (Å²) in [5.74, 6) is -0.0119. The van der Waals surface area contributed by atoms with Crippen LogP contribution < -0.4 is 15.6 Å². The van der Waals surface area contributed by atoms with Gasteiger partial charge in [-0.15, -0.1) is 0 Å². The Morgan fingerprint density at radius 1 is 1.44 bits per heavy atom. The topological polar surface area (TPSA) is 76.4 Å². The lowest BCUT2D eigenvalue weighted by molar-refractivity contribution is -0.137. The molecule has 0 saturated carbocycles. The highest BCUT2D eigenvalue weighted by Crippen LogP contribution is 2.31. The van der Waals surface area contributed by atoms with E-state index in [9.17, 15) is 23.1 Å². The van der Waals surface area contributed by atoms with Crippen LogP contribution in [0.2, 0.25) is 5.02 Å². The number of aromatic nitrogens is 2. The standard InChI is InChI=1S/C15H15ClF3N3O3/c1-22-14(24)13(16)12(7-21-22)20-6-10(23)8-25-11-4-2-3-9(5-11)15(17,18)19/h2-5,7,10,20,23H,6,8H2,1H3. The van der Waals surface area contributed by atoms with E-state index in [1.807, 2.05) is 0 Å². The van der Waals surface area contributed by atoms with E-state index in [1.165, 1.54) is 25.4 Å². The van der Waals surface area contributed by atoms with Gasteiger partial charge in [0.15, 0.2) is 0 Å². The van der Waals surface area contributed by atoms with E-state index in [0.29, 0.717) is 0 Å². The largest absolute Gasteiger partial charge is 0.491 e. The maximum absolute atomic E-state index is 12.6. The molecule has 2 N–H and O–H groups in total. The lowest BCUT2D eigenvalue weighted by Crippen LogP contribution is -2.28. The van der Waals surface area contributed by atoms with Crippen LogP contribution in [0.3, 0.4) is 0 Å². The highest BCUT2D eigenvalue weighted by molar-refractivity contribution is 6.32. The van der Waals surface area contributed by atoms with Gasteiger partial charge in [0.1, 0.15) is 23.5 Å². The van der Waals surface area contributed by atoms with E-state index in [4.69, 9.17) is 16.3 Å². The number of anilines is 1. The Morgan fingerprint density at radius 2 is 2.16 bits per heavy atom. The van der Waals surface area contributed by atoms with Gasteiger partial charge in [0.25, 0.3) is 5.56 Å². The van der Waals surface area contributed by atoms with Gasteiger partial charge in [0, 0.05) is 13.6 Å². The van der Waals surface area contributed by atoms with Gasteiger partial charge in [-0.05, 0) is 18.2 Å². The molecule has 1 aromatic carbocycles. The molecule has 0 radical (unpaired) electrons. The third-order valence-electron chi connectivity index (χ3n) is 3.21. The average molecular weight is 378 g/mol. The second kappa shape index (κ2) is 7.75. The van der Waals surface area contributed by atoms with Crippen molar-refractivity contribution in [3.8, 4) is 5.75 Å². The van der Waals surface area contributed by atoms with Gasteiger partial charge < -0.3 is 15.2 Å². The van der Waals surface area contributed by atoms with Crippen molar-refractivity contribution in [2.24, 2.45) is 7.05 Å². The zero-order chi connectivity index (χ0) is 18.6. The molecule has 10 heteroatoms. The number of benzene rings is 1. The molecular weight excluding hydrogens is 363 g/mol. The van der Waals surface area contributed by atoms with Crippen molar-refractivity contribution in [1.29, 1.82) is 0 Å². The number of ether oxygens (including phenoxy) is 1. The number of nitrogens with zero attached hydrogens (tertiary/aromatic N) is 2. The minimum absolute atomic E-state index is 0.0119. The van der Waals surface area contributed by atoms with Gasteiger partial charge in [0.05, 0.1) is 17.4 Å². The lowest BCUT2D eigenvalue weighted by Gasteiger charge is -2.15. The van der Waals surface area contributed by atoms with E-state index < -0.39 is 23.4 Å². The predicted molar refractivity (Wildman–Crippen MR) is 85.9 cm³/mol. The molecule has 1 atom stereocenters. The van der Waals surface area contributed by atoms with Crippen molar-refractivity contribution in [1.82, 2.24) is 9.78 Å². The van der Waals surface area contributed by atoms with Crippen molar-refractivity contribution >= 4 is 17.3 Å². The molecule has 2 rings (SSSR count). The summed E-state index contributed by atoms with van der Waals surface area (Å²) in [6.07, 6.45) is -4.19. The quantitative estimate of drug-likeness (QED) is 0.808. The number of rotatable bonds is 6. The Bertz CT molecular complexity index is 796. The summed E-state index contributed by atoms with van der Waals surface area (Å²) >= 11 is 5.86. The van der Waals surface area contributed by atoms with E-state index in [2.05, 4.69) is 10.4 Å². The molecule has 0 aliphatic heterocycles. The highest BCUT2D eigenvalue weighted by Gasteiger charge is 2.30. The maximum Gasteiger partial charge on any atom is 0.416 e. The SMILES string of the molecule is Cn1ncc(NCC(O)COc2cccc(C(F)(F)F)c2)c(Cl)c1=O. The van der Waals surface area contributed by atoms with Crippen LogP contribution >= 0.6 is 11.6 Å². The Hall–Kier alpha value is -2.26. The molecule has 2 aromatic rings. The monoisotopic (exact) mass is 377 g/mol. The summed E-state index contributed by atoms with van der Waals surface area (Å²) in [6.45, 7) is -0.280. The van der Waals surface area contributed by atoms with Crippen LogP contribution in [0.15, 0.2) is 35.3 Å². The summed E-state index contributed by atoms with van der Waals surface area (Å²) in [4.78, 5) is 11.6. The smallest absolute Gasteiger partial charge is 0.416 e. The van der Waals surface area contributed by atoms with E-state index in [1.54, 1.807) is 0 Å². The lowest BCUT2D eigenvalue weighted by atomic mass is 10.2. The number of hydrogen-bond acceptors (Lipinski definition) is 5. The fraction of sp³-hybridized carbons (Fsp3) is 0.333. The Balaban J connectivity index is 1.90. The van der Waals surface area contributed by atoms with Crippen LogP contribution in [-0.4, -0.2) is 34.1 Å². The first-order chi connectivity index (χ1) is 11.7. The first kappa shape index (κ1) is 19.1. The van der Waals surface area contributed by atoms with Gasteiger partial charge in [0.2, 0.25) is 0 Å². The molecule has 0 aliphatic carbocycles. The highest BCUT2D eigenvalue weighted by atomic mass is 35.5. The molecule has 6 nitrogen and oxygen atoms in total. The number of aryl methyl sites for hydroxylation is 1. The third-order valence-corrected chi connectivity index (χ3v) is 3.58. The fourth-order valence-electron chi connectivity index (χ4n) is 1.88. The number of aliphatic hydroxyl groups is 1. The van der Waals surface area contributed by atoms with Gasteiger partial charge in [-0.1, -0.05) is 17.7 Å². The molecule has 25 heavy (non-hydrogen) atoms. The minimum atomic E-state index is -4.47. The molecule has 0 aliphatic rings. The summed E-state index contributed by atoms with van der Waals surface area (Å²) in [5, 5.41) is 16.3. The van der Waals surface area contributed by atoms with Crippen molar-refractivity contribution in [2.45, 2.75) is 12.3 Å². The van der Waals surface area contributed by atoms with Crippen molar-refractivity contribution in [2.75, 3.05) is 18.5 Å². The van der Waals surface area contributed by atoms with Crippen LogP contribution in [0.1, 0.15) is 5.56 Å². The first-order valence-electron chi connectivity index (χ1n) is 7.12. The fourth-order valence-corrected chi connectivity index (χ4v) is 2.11. The molecule has 0 amide bonds. The molecule has 0 spiro atoms. The van der Waals surface area contributed by atoms with E-state index in [0.717, 1.165) is 16.8 Å². The molecule has 0 bridgehead atoms. The first-order valence-corrected chi connectivity index (χ1v) is 7.50. The molecular formula is C15H15ClF3N3O3. The zero-order valence-electron chi connectivity index (χ0n) is 13.0. The summed E-state index contributed by atoms with van der Waals surface area (Å²) in [5.41, 5.74) is -1.10. The Labute approximate surface area is 145 Å². The third kappa shape index (κ3) is 5.10. The van der Waals surface area contributed by atoms with Crippen LogP contribution in [0.5, 0.6) is 5.75 Å². The van der Waals surface area contributed by atoms with Gasteiger partial charge >= 0.3 is 6.18 Å². The zero-order valence-corrected chi connectivity index (χ0v) is 13.8. The van der Waals surface area contributed by atoms with Crippen LogP contribution in [0.4, 0.5) is 18.9 Å². The van der Waals surface area contributed by atoms with Gasteiger partial charge in [-0.2, -0.15) is 18.3 Å². The van der Waals surface area contributed by atoms with E-state index >= 15 is 0 Å². The second-order valence-electron chi connectivity index (χ2n) is 5.17. The van der Waals surface area contributed by atoms with Gasteiger partial charge in [-0.3, -0.25) is 4.79 Å². The minimum Gasteiger partial charge on any atom is -0.491 e. The summed E-state index contributed by atoms with van der Waals surface area (Å²) < 4.78 is 44.1. The van der Waals surface area contributed by atoms with Crippen LogP contribution in [0.25, 0.3) is 0 Å². The predicted octanol–water partition coefficient (Wildman–Crippen LogP) is 2.30.